The Bertz CT molecular complexity index is 438. The van der Waals surface area contributed by atoms with Crippen molar-refractivity contribution >= 4 is 0 Å². The van der Waals surface area contributed by atoms with E-state index in [4.69, 9.17) is 9.47 Å². The van der Waals surface area contributed by atoms with Crippen LogP contribution in [0, 0.1) is 0 Å². The largest absolute Gasteiger partial charge is 0.462 e. The smallest absolute Gasteiger partial charge is 0.229 e. The quantitative estimate of drug-likeness (QED) is 0.594. The molecule has 0 aromatic heterocycles. The van der Waals surface area contributed by atoms with E-state index in [-0.39, 0.29) is 0 Å². The number of rotatable bonds is 5. The van der Waals surface area contributed by atoms with Gasteiger partial charge in [-0.05, 0) is 44.6 Å². The van der Waals surface area contributed by atoms with Crippen LogP contribution in [-0.2, 0) is 11.2 Å². The Balaban J connectivity index is 1.97. The fourth-order valence-electron chi connectivity index (χ4n) is 2.25. The van der Waals surface area contributed by atoms with Gasteiger partial charge in [-0.25, -0.2) is 0 Å². The molecule has 1 aromatic carbocycles. The number of likely N-dealkylation sites (N-methyl/N-ethyl adjacent to an activating group) is 1. The predicted octanol–water partition coefficient (Wildman–Crippen LogP) is -0.345. The average Bonchev–Trinajstić information content (AvgIpc) is 2.50. The Morgan fingerprint density at radius 1 is 1.10 bits per heavy atom. The third kappa shape index (κ3) is 3.93. The second kappa shape index (κ2) is 7.20. The lowest BCUT2D eigenvalue weighted by Gasteiger charge is -2.38. The summed E-state index contributed by atoms with van der Waals surface area (Å²) in [5, 5.41) is 32.3. The maximum Gasteiger partial charge on any atom is 0.229 e. The normalized spacial score (nSPS) is 32.9. The average molecular weight is 297 g/mol. The van der Waals surface area contributed by atoms with Gasteiger partial charge in [0.15, 0.2) is 0 Å². The molecule has 0 saturated carbocycles. The lowest BCUT2D eigenvalue weighted by Crippen LogP contribution is -2.58. The van der Waals surface area contributed by atoms with Gasteiger partial charge < -0.3 is 30.1 Å². The van der Waals surface area contributed by atoms with E-state index in [0.29, 0.717) is 5.75 Å². The van der Waals surface area contributed by atoms with Gasteiger partial charge in [-0.1, -0.05) is 12.1 Å². The van der Waals surface area contributed by atoms with Crippen molar-refractivity contribution in [1.82, 2.24) is 5.32 Å². The number of hydrogen-bond acceptors (Lipinski definition) is 6. The van der Waals surface area contributed by atoms with E-state index in [1.807, 2.05) is 19.2 Å². The van der Waals surface area contributed by atoms with Crippen molar-refractivity contribution in [1.29, 1.82) is 0 Å². The molecule has 6 nitrogen and oxygen atoms in total. The molecule has 1 aliphatic heterocycles. The molecule has 0 unspecified atom stereocenters. The molecule has 4 N–H and O–H groups in total. The number of benzene rings is 1. The monoisotopic (exact) mass is 297 g/mol. The zero-order valence-electron chi connectivity index (χ0n) is 12.3. The highest BCUT2D eigenvalue weighted by Gasteiger charge is 2.43. The highest BCUT2D eigenvalue weighted by molar-refractivity contribution is 5.27. The Labute approximate surface area is 124 Å². The van der Waals surface area contributed by atoms with Gasteiger partial charge in [0.2, 0.25) is 6.29 Å². The van der Waals surface area contributed by atoms with Gasteiger partial charge in [0.25, 0.3) is 0 Å². The molecule has 1 saturated heterocycles. The van der Waals surface area contributed by atoms with Crippen LogP contribution in [-0.4, -0.2) is 59.6 Å². The molecular weight excluding hydrogens is 274 g/mol. The molecule has 0 bridgehead atoms. The molecule has 0 spiro atoms. The lowest BCUT2D eigenvalue weighted by atomic mass is 10.00. The number of aliphatic hydroxyl groups is 3. The fraction of sp³-hybridized carbons (Fsp3) is 0.600. The summed E-state index contributed by atoms with van der Waals surface area (Å²) < 4.78 is 10.9. The molecule has 6 heteroatoms. The van der Waals surface area contributed by atoms with E-state index in [0.717, 1.165) is 13.0 Å². The fourth-order valence-corrected chi connectivity index (χ4v) is 2.25. The van der Waals surface area contributed by atoms with Gasteiger partial charge in [-0.3, -0.25) is 0 Å². The summed E-state index contributed by atoms with van der Waals surface area (Å²) in [5.74, 6) is 0.544. The van der Waals surface area contributed by atoms with Crippen molar-refractivity contribution in [2.24, 2.45) is 0 Å². The number of aliphatic hydroxyl groups excluding tert-OH is 3. The zero-order valence-corrected chi connectivity index (χ0v) is 12.3. The van der Waals surface area contributed by atoms with Gasteiger partial charge in [-0.2, -0.15) is 0 Å². The van der Waals surface area contributed by atoms with Crippen LogP contribution in [0.4, 0.5) is 0 Å². The van der Waals surface area contributed by atoms with Crippen LogP contribution in [0.2, 0.25) is 0 Å². The molecule has 2 rings (SSSR count). The lowest BCUT2D eigenvalue weighted by molar-refractivity contribution is -0.268. The van der Waals surface area contributed by atoms with Crippen LogP contribution >= 0.6 is 0 Å². The Hall–Kier alpha value is -1.18. The molecule has 1 heterocycles. The van der Waals surface area contributed by atoms with E-state index < -0.39 is 30.7 Å². The molecule has 118 valence electrons. The van der Waals surface area contributed by atoms with Crippen molar-refractivity contribution in [3.63, 3.8) is 0 Å². The molecule has 1 fully saturated rings. The van der Waals surface area contributed by atoms with Crippen LogP contribution in [0.1, 0.15) is 12.5 Å². The minimum absolute atomic E-state index is 0.544. The molecule has 21 heavy (non-hydrogen) atoms. The first kappa shape index (κ1) is 16.2. The Morgan fingerprint density at radius 3 is 2.38 bits per heavy atom. The summed E-state index contributed by atoms with van der Waals surface area (Å²) in [7, 11) is 1.90. The van der Waals surface area contributed by atoms with Crippen molar-refractivity contribution in [3.05, 3.63) is 29.8 Å². The number of hydrogen-bond donors (Lipinski definition) is 4. The SMILES string of the molecule is CNCCc1ccc(O[C@@H]2O[C@H](C)[C@H](O)[C@@H](O)[C@H]2O)cc1. The summed E-state index contributed by atoms with van der Waals surface area (Å²) in [6.07, 6.45) is -4.39. The standard InChI is InChI=1S/C15H23NO5/c1-9-12(17)13(18)14(19)15(20-9)21-11-5-3-10(4-6-11)7-8-16-2/h3-6,9,12-19H,7-8H2,1-2H3/t9-,12+,13-,14-,15+/m1/s1. The number of ether oxygens (including phenoxy) is 2. The van der Waals surface area contributed by atoms with Crippen LogP contribution in [0.25, 0.3) is 0 Å². The first-order valence-corrected chi connectivity index (χ1v) is 7.12. The van der Waals surface area contributed by atoms with Gasteiger partial charge in [0.05, 0.1) is 6.10 Å². The highest BCUT2D eigenvalue weighted by Crippen LogP contribution is 2.24. The molecule has 1 aromatic rings. The second-order valence-corrected chi connectivity index (χ2v) is 5.30. The first-order valence-electron chi connectivity index (χ1n) is 7.12. The van der Waals surface area contributed by atoms with Crippen molar-refractivity contribution in [2.45, 2.75) is 44.1 Å². The predicted molar refractivity (Wildman–Crippen MR) is 77.1 cm³/mol. The molecule has 0 radical (unpaired) electrons. The number of nitrogens with one attached hydrogen (secondary N) is 1. The van der Waals surface area contributed by atoms with E-state index in [1.54, 1.807) is 19.1 Å². The third-order valence-electron chi connectivity index (χ3n) is 3.65. The molecule has 0 aliphatic carbocycles. The van der Waals surface area contributed by atoms with Gasteiger partial charge in [0, 0.05) is 0 Å². The van der Waals surface area contributed by atoms with Gasteiger partial charge >= 0.3 is 0 Å². The van der Waals surface area contributed by atoms with Crippen molar-refractivity contribution in [2.75, 3.05) is 13.6 Å². The summed E-state index contributed by atoms with van der Waals surface area (Å²) in [6, 6.07) is 7.47. The van der Waals surface area contributed by atoms with Crippen LogP contribution in [0.5, 0.6) is 5.75 Å². The summed E-state index contributed by atoms with van der Waals surface area (Å²) >= 11 is 0. The first-order chi connectivity index (χ1) is 10.0. The van der Waals surface area contributed by atoms with Crippen LogP contribution in [0.15, 0.2) is 24.3 Å². The Kier molecular flexibility index (Phi) is 5.55. The van der Waals surface area contributed by atoms with Crippen LogP contribution in [0.3, 0.4) is 0 Å². The van der Waals surface area contributed by atoms with Gasteiger partial charge in [0.1, 0.15) is 24.1 Å². The second-order valence-electron chi connectivity index (χ2n) is 5.30. The van der Waals surface area contributed by atoms with Crippen molar-refractivity contribution in [3.8, 4) is 5.75 Å². The van der Waals surface area contributed by atoms with Crippen LogP contribution < -0.4 is 10.1 Å². The molecule has 5 atom stereocenters. The topological polar surface area (TPSA) is 91.2 Å². The van der Waals surface area contributed by atoms with E-state index in [2.05, 4.69) is 5.32 Å². The summed E-state index contributed by atoms with van der Waals surface area (Å²) in [5.41, 5.74) is 1.17. The molecule has 1 aliphatic rings. The maximum absolute atomic E-state index is 9.89. The molecule has 0 amide bonds. The van der Waals surface area contributed by atoms with Crippen molar-refractivity contribution < 1.29 is 24.8 Å². The summed E-state index contributed by atoms with van der Waals surface area (Å²) in [4.78, 5) is 0. The highest BCUT2D eigenvalue weighted by atomic mass is 16.7. The van der Waals surface area contributed by atoms with Gasteiger partial charge in [-0.15, -0.1) is 0 Å². The van der Waals surface area contributed by atoms with E-state index >= 15 is 0 Å². The van der Waals surface area contributed by atoms with E-state index in [1.165, 1.54) is 5.56 Å². The third-order valence-corrected chi connectivity index (χ3v) is 3.65. The maximum atomic E-state index is 9.89. The minimum Gasteiger partial charge on any atom is -0.462 e. The minimum atomic E-state index is -1.29. The van der Waals surface area contributed by atoms with E-state index in [9.17, 15) is 15.3 Å². The zero-order chi connectivity index (χ0) is 15.4. The summed E-state index contributed by atoms with van der Waals surface area (Å²) in [6.45, 7) is 2.52. The molecular formula is C15H23NO5. The Morgan fingerprint density at radius 2 is 1.76 bits per heavy atom.